The van der Waals surface area contributed by atoms with Crippen LogP contribution in [0.5, 0.6) is 0 Å². The number of aromatic nitrogens is 2. The Morgan fingerprint density at radius 3 is 2.13 bits per heavy atom. The number of nitrogens with zero attached hydrogens (tertiary/aromatic N) is 2. The molecule has 1 aromatic carbocycles. The van der Waals surface area contributed by atoms with Crippen molar-refractivity contribution >= 4 is 5.82 Å². The van der Waals surface area contributed by atoms with Gasteiger partial charge in [0.1, 0.15) is 5.82 Å². The molecule has 2 rings (SSSR count). The standard InChI is InChI=1S/C12H15N3/c1-8-4-6-11(7-5-8)15-12(13)9(2)10(3)14-15/h4-7H,13H2,1-3H3. The van der Waals surface area contributed by atoms with Gasteiger partial charge in [0.05, 0.1) is 11.4 Å². The monoisotopic (exact) mass is 201 g/mol. The fraction of sp³-hybridized carbons (Fsp3) is 0.250. The van der Waals surface area contributed by atoms with Crippen molar-refractivity contribution in [1.82, 2.24) is 9.78 Å². The SMILES string of the molecule is Cc1ccc(-n2nc(C)c(C)c2N)cc1. The second-order valence-electron chi connectivity index (χ2n) is 3.84. The predicted molar refractivity (Wildman–Crippen MR) is 62.2 cm³/mol. The quantitative estimate of drug-likeness (QED) is 0.769. The van der Waals surface area contributed by atoms with Gasteiger partial charge < -0.3 is 5.73 Å². The van der Waals surface area contributed by atoms with Crippen LogP contribution in [0.15, 0.2) is 24.3 Å². The Morgan fingerprint density at radius 1 is 1.07 bits per heavy atom. The fourth-order valence-electron chi connectivity index (χ4n) is 1.51. The van der Waals surface area contributed by atoms with E-state index < -0.39 is 0 Å². The number of nitrogens with two attached hydrogens (primary N) is 1. The molecule has 0 unspecified atom stereocenters. The van der Waals surface area contributed by atoms with Crippen LogP contribution in [-0.4, -0.2) is 9.78 Å². The zero-order valence-electron chi connectivity index (χ0n) is 9.28. The van der Waals surface area contributed by atoms with Crippen molar-refractivity contribution in [1.29, 1.82) is 0 Å². The van der Waals surface area contributed by atoms with Crippen LogP contribution in [0.3, 0.4) is 0 Å². The van der Waals surface area contributed by atoms with Gasteiger partial charge in [-0.2, -0.15) is 5.10 Å². The van der Waals surface area contributed by atoms with E-state index in [0.29, 0.717) is 0 Å². The average Bonchev–Trinajstić information content (AvgIpc) is 2.47. The maximum absolute atomic E-state index is 5.97. The van der Waals surface area contributed by atoms with Crippen molar-refractivity contribution in [2.45, 2.75) is 20.8 Å². The van der Waals surface area contributed by atoms with Gasteiger partial charge in [-0.25, -0.2) is 4.68 Å². The average molecular weight is 201 g/mol. The van der Waals surface area contributed by atoms with E-state index in [4.69, 9.17) is 5.73 Å². The van der Waals surface area contributed by atoms with Crippen molar-refractivity contribution in [3.8, 4) is 5.69 Å². The van der Waals surface area contributed by atoms with Gasteiger partial charge in [0.2, 0.25) is 0 Å². The maximum Gasteiger partial charge on any atom is 0.130 e. The number of hydrogen-bond donors (Lipinski definition) is 1. The van der Waals surface area contributed by atoms with Gasteiger partial charge in [-0.05, 0) is 32.9 Å². The highest BCUT2D eigenvalue weighted by Crippen LogP contribution is 2.19. The first kappa shape index (κ1) is 9.77. The Bertz CT molecular complexity index is 480. The lowest BCUT2D eigenvalue weighted by Crippen LogP contribution is -2.02. The molecule has 1 heterocycles. The maximum atomic E-state index is 5.97. The molecule has 0 saturated heterocycles. The van der Waals surface area contributed by atoms with Gasteiger partial charge in [0, 0.05) is 5.56 Å². The van der Waals surface area contributed by atoms with E-state index in [2.05, 4.69) is 24.2 Å². The molecule has 2 aromatic rings. The highest BCUT2D eigenvalue weighted by Gasteiger charge is 2.08. The van der Waals surface area contributed by atoms with Gasteiger partial charge >= 0.3 is 0 Å². The van der Waals surface area contributed by atoms with E-state index in [-0.39, 0.29) is 0 Å². The van der Waals surface area contributed by atoms with Crippen molar-refractivity contribution < 1.29 is 0 Å². The Morgan fingerprint density at radius 2 is 1.67 bits per heavy atom. The molecule has 0 aliphatic heterocycles. The second kappa shape index (κ2) is 3.42. The van der Waals surface area contributed by atoms with Crippen LogP contribution < -0.4 is 5.73 Å². The second-order valence-corrected chi connectivity index (χ2v) is 3.84. The first-order valence-corrected chi connectivity index (χ1v) is 4.98. The summed E-state index contributed by atoms with van der Waals surface area (Å²) in [5, 5.41) is 4.40. The summed E-state index contributed by atoms with van der Waals surface area (Å²) in [6.07, 6.45) is 0. The third kappa shape index (κ3) is 1.61. The van der Waals surface area contributed by atoms with Crippen LogP contribution >= 0.6 is 0 Å². The number of aryl methyl sites for hydroxylation is 2. The molecule has 0 fully saturated rings. The number of rotatable bonds is 1. The zero-order chi connectivity index (χ0) is 11.0. The molecule has 0 aliphatic rings. The zero-order valence-corrected chi connectivity index (χ0v) is 9.28. The molecule has 15 heavy (non-hydrogen) atoms. The summed E-state index contributed by atoms with van der Waals surface area (Å²) < 4.78 is 1.78. The number of anilines is 1. The van der Waals surface area contributed by atoms with Crippen molar-refractivity contribution in [3.05, 3.63) is 41.1 Å². The van der Waals surface area contributed by atoms with Gasteiger partial charge in [0.15, 0.2) is 0 Å². The molecular formula is C12H15N3. The molecule has 1 aromatic heterocycles. The molecule has 0 spiro atoms. The lowest BCUT2D eigenvalue weighted by Gasteiger charge is -2.04. The smallest absolute Gasteiger partial charge is 0.130 e. The summed E-state index contributed by atoms with van der Waals surface area (Å²) in [7, 11) is 0. The van der Waals surface area contributed by atoms with Crippen LogP contribution in [0.4, 0.5) is 5.82 Å². The summed E-state index contributed by atoms with van der Waals surface area (Å²) in [5.41, 5.74) is 10.2. The van der Waals surface area contributed by atoms with Crippen molar-refractivity contribution in [2.75, 3.05) is 5.73 Å². The molecule has 0 atom stereocenters. The van der Waals surface area contributed by atoms with Crippen molar-refractivity contribution in [2.24, 2.45) is 0 Å². The Balaban J connectivity index is 2.54. The minimum Gasteiger partial charge on any atom is -0.383 e. The number of hydrogen-bond acceptors (Lipinski definition) is 2. The predicted octanol–water partition coefficient (Wildman–Crippen LogP) is 2.38. The number of benzene rings is 1. The number of nitrogen functional groups attached to an aromatic ring is 1. The van der Waals surface area contributed by atoms with E-state index in [0.717, 1.165) is 22.8 Å². The Labute approximate surface area is 89.5 Å². The van der Waals surface area contributed by atoms with E-state index >= 15 is 0 Å². The lowest BCUT2D eigenvalue weighted by atomic mass is 10.2. The molecule has 78 valence electrons. The van der Waals surface area contributed by atoms with Gasteiger partial charge in [0.25, 0.3) is 0 Å². The van der Waals surface area contributed by atoms with Gasteiger partial charge in [-0.1, -0.05) is 17.7 Å². The summed E-state index contributed by atoms with van der Waals surface area (Å²) in [6.45, 7) is 6.02. The van der Waals surface area contributed by atoms with Crippen LogP contribution in [0.1, 0.15) is 16.8 Å². The lowest BCUT2D eigenvalue weighted by molar-refractivity contribution is 0.871. The minimum atomic E-state index is 0.719. The first-order valence-electron chi connectivity index (χ1n) is 4.98. The Kier molecular flexibility index (Phi) is 2.23. The summed E-state index contributed by atoms with van der Waals surface area (Å²) in [4.78, 5) is 0. The van der Waals surface area contributed by atoms with Crippen LogP contribution in [-0.2, 0) is 0 Å². The van der Waals surface area contributed by atoms with Crippen LogP contribution in [0.25, 0.3) is 5.69 Å². The topological polar surface area (TPSA) is 43.8 Å². The highest BCUT2D eigenvalue weighted by atomic mass is 15.3. The molecule has 3 heteroatoms. The van der Waals surface area contributed by atoms with Crippen LogP contribution in [0, 0.1) is 20.8 Å². The Hall–Kier alpha value is -1.77. The van der Waals surface area contributed by atoms with E-state index in [9.17, 15) is 0 Å². The highest BCUT2D eigenvalue weighted by molar-refractivity contribution is 5.49. The molecule has 2 N–H and O–H groups in total. The molecule has 0 radical (unpaired) electrons. The third-order valence-corrected chi connectivity index (χ3v) is 2.68. The van der Waals surface area contributed by atoms with E-state index in [1.807, 2.05) is 26.0 Å². The van der Waals surface area contributed by atoms with Gasteiger partial charge in [-0.3, -0.25) is 0 Å². The minimum absolute atomic E-state index is 0.719. The molecule has 0 saturated carbocycles. The molecular weight excluding hydrogens is 186 g/mol. The summed E-state index contributed by atoms with van der Waals surface area (Å²) >= 11 is 0. The molecule has 0 bridgehead atoms. The van der Waals surface area contributed by atoms with E-state index in [1.54, 1.807) is 4.68 Å². The summed E-state index contributed by atoms with van der Waals surface area (Å²) in [6, 6.07) is 8.16. The van der Waals surface area contributed by atoms with Crippen LogP contribution in [0.2, 0.25) is 0 Å². The third-order valence-electron chi connectivity index (χ3n) is 2.68. The largest absolute Gasteiger partial charge is 0.383 e. The normalized spacial score (nSPS) is 10.6. The van der Waals surface area contributed by atoms with Crippen molar-refractivity contribution in [3.63, 3.8) is 0 Å². The fourth-order valence-corrected chi connectivity index (χ4v) is 1.51. The molecule has 0 aliphatic carbocycles. The van der Waals surface area contributed by atoms with Gasteiger partial charge in [-0.15, -0.1) is 0 Å². The summed E-state index contributed by atoms with van der Waals surface area (Å²) in [5.74, 6) is 0.719. The molecule has 0 amide bonds. The van der Waals surface area contributed by atoms with E-state index in [1.165, 1.54) is 5.56 Å². The molecule has 3 nitrogen and oxygen atoms in total. The first-order chi connectivity index (χ1) is 7.09.